The van der Waals surface area contributed by atoms with E-state index < -0.39 is 5.97 Å². The highest BCUT2D eigenvalue weighted by atomic mass is 32.1. The van der Waals surface area contributed by atoms with Crippen LogP contribution < -0.4 is 14.8 Å². The van der Waals surface area contributed by atoms with Crippen LogP contribution in [-0.2, 0) is 4.79 Å². The highest BCUT2D eigenvalue weighted by Crippen LogP contribution is 2.50. The van der Waals surface area contributed by atoms with E-state index in [9.17, 15) is 14.7 Å². The lowest BCUT2D eigenvalue weighted by molar-refractivity contribution is -0.116. The highest BCUT2D eigenvalue weighted by molar-refractivity contribution is 7.15. The van der Waals surface area contributed by atoms with E-state index in [-0.39, 0.29) is 29.7 Å². The molecule has 0 unspecified atom stereocenters. The number of thiophene rings is 1. The number of nitrogens with one attached hydrogen (secondary N) is 1. The van der Waals surface area contributed by atoms with Crippen molar-refractivity contribution in [3.8, 4) is 35.0 Å². The Morgan fingerprint density at radius 3 is 2.64 bits per heavy atom. The lowest BCUT2D eigenvalue weighted by Gasteiger charge is -2.24. The highest BCUT2D eigenvalue weighted by Gasteiger charge is 2.34. The first kappa shape index (κ1) is 22.4. The number of hydrogen-bond acceptors (Lipinski definition) is 5. The van der Waals surface area contributed by atoms with Gasteiger partial charge in [-0.1, -0.05) is 41.8 Å². The summed E-state index contributed by atoms with van der Waals surface area (Å²) in [6.45, 7) is 4.39. The molecule has 1 amide bonds. The molecule has 33 heavy (non-hydrogen) atoms. The number of terminal acetylenes is 1. The van der Waals surface area contributed by atoms with Gasteiger partial charge in [-0.3, -0.25) is 4.79 Å². The summed E-state index contributed by atoms with van der Waals surface area (Å²) in [5.41, 5.74) is 3.77. The Balaban J connectivity index is 1.84. The average molecular weight is 462 g/mol. The quantitative estimate of drug-likeness (QED) is 0.466. The molecule has 0 spiro atoms. The fraction of sp³-hybridized carbons (Fsp3) is 0.231. The van der Waals surface area contributed by atoms with Crippen molar-refractivity contribution in [2.45, 2.75) is 26.2 Å². The molecule has 6 nitrogen and oxygen atoms in total. The number of aryl methyl sites for hydroxylation is 1. The molecule has 0 radical (unpaired) electrons. The largest absolute Gasteiger partial charge is 0.490 e. The Bertz CT molecular complexity index is 1250. The SMILES string of the molecule is C#CCOc1ccc([C@H]2CC(=O)Nc3c2sc(C(=O)O)c3-c2ccc(C)cc2)cc1OCC. The summed E-state index contributed by atoms with van der Waals surface area (Å²) in [5, 5.41) is 12.9. The molecule has 4 rings (SSSR count). The molecule has 1 aliphatic rings. The van der Waals surface area contributed by atoms with E-state index in [1.807, 2.05) is 50.2 Å². The molecule has 2 aromatic carbocycles. The smallest absolute Gasteiger partial charge is 0.346 e. The monoisotopic (exact) mass is 461 g/mol. The third-order valence-electron chi connectivity index (χ3n) is 5.42. The predicted molar refractivity (Wildman–Crippen MR) is 128 cm³/mol. The molecule has 168 valence electrons. The maximum Gasteiger partial charge on any atom is 0.346 e. The number of aromatic carboxylic acids is 1. The Morgan fingerprint density at radius 2 is 1.97 bits per heavy atom. The van der Waals surface area contributed by atoms with Crippen LogP contribution in [0.1, 0.15) is 44.9 Å². The summed E-state index contributed by atoms with van der Waals surface area (Å²) >= 11 is 1.20. The van der Waals surface area contributed by atoms with Crippen LogP contribution in [0.3, 0.4) is 0 Å². The minimum Gasteiger partial charge on any atom is -0.490 e. The number of ether oxygens (including phenoxy) is 2. The van der Waals surface area contributed by atoms with E-state index in [4.69, 9.17) is 15.9 Å². The van der Waals surface area contributed by atoms with Gasteiger partial charge in [0.25, 0.3) is 0 Å². The Labute approximate surface area is 196 Å². The summed E-state index contributed by atoms with van der Waals surface area (Å²) in [6, 6.07) is 13.1. The second kappa shape index (κ2) is 9.39. The van der Waals surface area contributed by atoms with Crippen LogP contribution in [0.4, 0.5) is 5.69 Å². The number of rotatable bonds is 7. The Morgan fingerprint density at radius 1 is 1.21 bits per heavy atom. The van der Waals surface area contributed by atoms with Gasteiger partial charge in [-0.15, -0.1) is 17.8 Å². The number of fused-ring (bicyclic) bond motifs is 1. The summed E-state index contributed by atoms with van der Waals surface area (Å²) < 4.78 is 11.3. The van der Waals surface area contributed by atoms with Gasteiger partial charge in [0.15, 0.2) is 11.5 Å². The average Bonchev–Trinajstić information content (AvgIpc) is 3.18. The summed E-state index contributed by atoms with van der Waals surface area (Å²) in [4.78, 5) is 25.9. The van der Waals surface area contributed by atoms with Crippen LogP contribution in [0.25, 0.3) is 11.1 Å². The van der Waals surface area contributed by atoms with Crippen LogP contribution in [0, 0.1) is 19.3 Å². The third kappa shape index (κ3) is 4.43. The van der Waals surface area contributed by atoms with Gasteiger partial charge in [-0.25, -0.2) is 4.79 Å². The van der Waals surface area contributed by atoms with E-state index in [1.54, 1.807) is 6.07 Å². The van der Waals surface area contributed by atoms with E-state index in [0.29, 0.717) is 29.4 Å². The number of carboxylic acids is 1. The molecule has 2 heterocycles. The fourth-order valence-electron chi connectivity index (χ4n) is 3.95. The van der Waals surface area contributed by atoms with Gasteiger partial charge in [0.2, 0.25) is 5.91 Å². The zero-order chi connectivity index (χ0) is 23.5. The van der Waals surface area contributed by atoms with Crippen LogP contribution in [0.15, 0.2) is 42.5 Å². The zero-order valence-electron chi connectivity index (χ0n) is 18.3. The number of carbonyl (C=O) groups excluding carboxylic acids is 1. The molecule has 0 saturated heterocycles. The molecule has 7 heteroatoms. The van der Waals surface area contributed by atoms with Gasteiger partial charge in [-0.2, -0.15) is 0 Å². The zero-order valence-corrected chi connectivity index (χ0v) is 19.1. The molecular weight excluding hydrogens is 438 g/mol. The van der Waals surface area contributed by atoms with Crippen molar-refractivity contribution in [2.24, 2.45) is 0 Å². The number of anilines is 1. The molecule has 1 aliphatic heterocycles. The number of benzene rings is 2. The minimum absolute atomic E-state index is 0.113. The molecule has 0 bridgehead atoms. The number of hydrogen-bond donors (Lipinski definition) is 2. The summed E-state index contributed by atoms with van der Waals surface area (Å²) in [5.74, 6) is 2.00. The normalized spacial score (nSPS) is 14.7. The molecule has 0 aliphatic carbocycles. The van der Waals surface area contributed by atoms with Gasteiger partial charge in [-0.05, 0) is 37.1 Å². The first-order chi connectivity index (χ1) is 15.9. The maximum atomic E-state index is 12.7. The molecule has 1 atom stereocenters. The van der Waals surface area contributed by atoms with Crippen molar-refractivity contribution in [1.82, 2.24) is 0 Å². The first-order valence-electron chi connectivity index (χ1n) is 10.5. The second-order valence-corrected chi connectivity index (χ2v) is 8.71. The molecule has 2 N–H and O–H groups in total. The van der Waals surface area contributed by atoms with Crippen molar-refractivity contribution in [3.05, 3.63) is 63.3 Å². The van der Waals surface area contributed by atoms with Crippen molar-refractivity contribution < 1.29 is 24.2 Å². The van der Waals surface area contributed by atoms with Crippen molar-refractivity contribution in [2.75, 3.05) is 18.5 Å². The first-order valence-corrected chi connectivity index (χ1v) is 11.3. The van der Waals surface area contributed by atoms with Gasteiger partial charge < -0.3 is 19.9 Å². The van der Waals surface area contributed by atoms with Crippen LogP contribution in [0.5, 0.6) is 11.5 Å². The number of amides is 1. The van der Waals surface area contributed by atoms with E-state index in [1.165, 1.54) is 11.3 Å². The fourth-order valence-corrected chi connectivity index (χ4v) is 5.20. The van der Waals surface area contributed by atoms with Gasteiger partial charge >= 0.3 is 5.97 Å². The molecule has 3 aromatic rings. The van der Waals surface area contributed by atoms with E-state index in [0.717, 1.165) is 21.6 Å². The van der Waals surface area contributed by atoms with Crippen LogP contribution in [0.2, 0.25) is 0 Å². The van der Waals surface area contributed by atoms with Crippen molar-refractivity contribution in [1.29, 1.82) is 0 Å². The topological polar surface area (TPSA) is 84.9 Å². The maximum absolute atomic E-state index is 12.7. The minimum atomic E-state index is -1.02. The Hall–Kier alpha value is -3.76. The third-order valence-corrected chi connectivity index (χ3v) is 6.71. The van der Waals surface area contributed by atoms with E-state index in [2.05, 4.69) is 11.2 Å². The lowest BCUT2D eigenvalue weighted by atomic mass is 9.88. The second-order valence-electron chi connectivity index (χ2n) is 7.65. The summed E-state index contributed by atoms with van der Waals surface area (Å²) in [6.07, 6.45) is 5.51. The Kier molecular flexibility index (Phi) is 6.38. The molecule has 0 fully saturated rings. The van der Waals surface area contributed by atoms with Crippen molar-refractivity contribution >= 4 is 28.9 Å². The predicted octanol–water partition coefficient (Wildman–Crippen LogP) is 5.31. The van der Waals surface area contributed by atoms with Crippen LogP contribution >= 0.6 is 11.3 Å². The molecule has 1 aromatic heterocycles. The van der Waals surface area contributed by atoms with Gasteiger partial charge in [0.05, 0.1) is 12.3 Å². The molecular formula is C26H23NO5S. The number of carbonyl (C=O) groups is 2. The van der Waals surface area contributed by atoms with Gasteiger partial charge in [0, 0.05) is 22.8 Å². The standard InChI is InChI=1S/C26H23NO5S/c1-4-12-32-19-11-10-17(13-20(19)31-5-2)18-14-21(28)27-23-22(16-8-6-15(3)7-9-16)25(26(29)30)33-24(18)23/h1,6-11,13,18H,5,12,14H2,2-3H3,(H,27,28)(H,29,30)/t18-/m1/s1. The molecule has 0 saturated carbocycles. The lowest BCUT2D eigenvalue weighted by Crippen LogP contribution is -2.22. The number of carboxylic acid groups (broad SMARTS) is 1. The van der Waals surface area contributed by atoms with E-state index >= 15 is 0 Å². The van der Waals surface area contributed by atoms with Gasteiger partial charge in [0.1, 0.15) is 11.5 Å². The van der Waals surface area contributed by atoms with Crippen molar-refractivity contribution in [3.63, 3.8) is 0 Å². The summed E-state index contributed by atoms with van der Waals surface area (Å²) in [7, 11) is 0. The van der Waals surface area contributed by atoms with Crippen LogP contribution in [-0.4, -0.2) is 30.2 Å².